The molecule has 6 heteroatoms. The highest BCUT2D eigenvalue weighted by Crippen LogP contribution is 2.21. The van der Waals surface area contributed by atoms with Crippen molar-refractivity contribution in [3.63, 3.8) is 0 Å². The first-order chi connectivity index (χ1) is 12.2. The summed E-state index contributed by atoms with van der Waals surface area (Å²) in [5.74, 6) is -0.697. The van der Waals surface area contributed by atoms with E-state index in [2.05, 4.69) is 10.6 Å². The van der Waals surface area contributed by atoms with Crippen molar-refractivity contribution in [3.05, 3.63) is 59.4 Å². The second-order valence-corrected chi connectivity index (χ2v) is 6.07. The minimum absolute atomic E-state index is 0.135. The Bertz CT molecular complexity index is 728. The van der Waals surface area contributed by atoms with Gasteiger partial charge in [-0.25, -0.2) is 4.39 Å². The van der Waals surface area contributed by atoms with Gasteiger partial charge in [0.05, 0.1) is 11.8 Å². The molecule has 5 nitrogen and oxygen atoms in total. The smallest absolute Gasteiger partial charge is 0.255 e. The lowest BCUT2D eigenvalue weighted by Gasteiger charge is -2.13. The van der Waals surface area contributed by atoms with Gasteiger partial charge in [-0.3, -0.25) is 4.79 Å². The van der Waals surface area contributed by atoms with Crippen LogP contribution in [-0.4, -0.2) is 25.2 Å². The largest absolute Gasteiger partial charge is 0.380 e. The predicted octanol–water partition coefficient (Wildman–Crippen LogP) is 3.13. The molecule has 1 aliphatic heterocycles. The summed E-state index contributed by atoms with van der Waals surface area (Å²) >= 11 is 0. The summed E-state index contributed by atoms with van der Waals surface area (Å²) in [6.45, 7) is 1.77. The zero-order chi connectivity index (χ0) is 17.6. The molecule has 1 heterocycles. The van der Waals surface area contributed by atoms with Gasteiger partial charge in [-0.1, -0.05) is 12.1 Å². The molecule has 2 aromatic carbocycles. The Kier molecular flexibility index (Phi) is 5.63. The first-order valence-corrected chi connectivity index (χ1v) is 8.41. The fraction of sp³-hybridized carbons (Fsp3) is 0.316. The van der Waals surface area contributed by atoms with Crippen molar-refractivity contribution in [1.29, 1.82) is 0 Å². The minimum Gasteiger partial charge on any atom is -0.380 e. The van der Waals surface area contributed by atoms with E-state index in [0.717, 1.165) is 25.0 Å². The van der Waals surface area contributed by atoms with Crippen LogP contribution in [0.15, 0.2) is 42.5 Å². The van der Waals surface area contributed by atoms with Crippen molar-refractivity contribution in [2.45, 2.75) is 25.5 Å². The predicted molar refractivity (Wildman–Crippen MR) is 96.2 cm³/mol. The molecule has 0 aromatic heterocycles. The molecule has 3 rings (SSSR count). The van der Waals surface area contributed by atoms with Crippen LogP contribution in [0.5, 0.6) is 0 Å². The second kappa shape index (κ2) is 8.09. The fourth-order valence-corrected chi connectivity index (χ4v) is 2.76. The topological polar surface area (TPSA) is 76.4 Å². The molecule has 1 unspecified atom stereocenters. The average molecular weight is 343 g/mol. The molecule has 132 valence electrons. The molecule has 2 aromatic rings. The highest BCUT2D eigenvalue weighted by atomic mass is 19.1. The maximum absolute atomic E-state index is 14.2. The summed E-state index contributed by atoms with van der Waals surface area (Å²) in [5, 5.41) is 5.75. The average Bonchev–Trinajstić information content (AvgIpc) is 3.14. The van der Waals surface area contributed by atoms with Crippen LogP contribution in [0.2, 0.25) is 0 Å². The Morgan fingerprint density at radius 3 is 2.68 bits per heavy atom. The number of nitrogens with two attached hydrogens (primary N) is 1. The molecule has 1 fully saturated rings. The number of rotatable bonds is 6. The first-order valence-electron chi connectivity index (χ1n) is 8.41. The molecule has 1 atom stereocenters. The van der Waals surface area contributed by atoms with Gasteiger partial charge in [0.1, 0.15) is 5.82 Å². The summed E-state index contributed by atoms with van der Waals surface area (Å²) in [6.07, 6.45) is 2.17. The molecular weight excluding hydrogens is 321 g/mol. The van der Waals surface area contributed by atoms with Gasteiger partial charge < -0.3 is 21.1 Å². The quantitative estimate of drug-likeness (QED) is 0.753. The highest BCUT2D eigenvalue weighted by molar-refractivity contribution is 6.04. The molecule has 1 aliphatic rings. The van der Waals surface area contributed by atoms with Crippen molar-refractivity contribution in [3.8, 4) is 0 Å². The van der Waals surface area contributed by atoms with Crippen molar-refractivity contribution < 1.29 is 13.9 Å². The van der Waals surface area contributed by atoms with E-state index in [-0.39, 0.29) is 12.0 Å². The number of carbonyl (C=O) groups excluding carboxylic acids is 1. The van der Waals surface area contributed by atoms with Crippen LogP contribution in [-0.2, 0) is 11.3 Å². The van der Waals surface area contributed by atoms with Crippen molar-refractivity contribution in [2.75, 3.05) is 23.8 Å². The summed E-state index contributed by atoms with van der Waals surface area (Å²) in [6, 6.07) is 11.6. The second-order valence-electron chi connectivity index (χ2n) is 6.07. The van der Waals surface area contributed by atoms with Gasteiger partial charge in [-0.05, 0) is 48.7 Å². The van der Waals surface area contributed by atoms with Crippen molar-refractivity contribution in [1.82, 2.24) is 0 Å². The van der Waals surface area contributed by atoms with Crippen LogP contribution in [0, 0.1) is 5.82 Å². The maximum atomic E-state index is 14.2. The third-order valence-corrected chi connectivity index (χ3v) is 4.22. The third-order valence-electron chi connectivity index (χ3n) is 4.22. The molecule has 4 N–H and O–H groups in total. The lowest BCUT2D eigenvalue weighted by Crippen LogP contribution is -2.19. The van der Waals surface area contributed by atoms with Crippen LogP contribution >= 0.6 is 0 Å². The van der Waals surface area contributed by atoms with Gasteiger partial charge in [0.15, 0.2) is 0 Å². The normalized spacial score (nSPS) is 16.6. The van der Waals surface area contributed by atoms with Gasteiger partial charge in [-0.15, -0.1) is 0 Å². The summed E-state index contributed by atoms with van der Waals surface area (Å²) < 4.78 is 19.7. The van der Waals surface area contributed by atoms with Gasteiger partial charge in [-0.2, -0.15) is 0 Å². The van der Waals surface area contributed by atoms with E-state index in [9.17, 15) is 9.18 Å². The SMILES string of the molecule is NCc1ccc(C(=O)Nc2ccc(NCC3CCCO3)c(F)c2)cc1. The zero-order valence-corrected chi connectivity index (χ0v) is 13.9. The van der Waals surface area contributed by atoms with Crippen LogP contribution in [0.4, 0.5) is 15.8 Å². The lowest BCUT2D eigenvalue weighted by atomic mass is 10.1. The molecule has 0 bridgehead atoms. The molecule has 1 amide bonds. The van der Waals surface area contributed by atoms with Crippen LogP contribution in [0.3, 0.4) is 0 Å². The van der Waals surface area contributed by atoms with Crippen LogP contribution < -0.4 is 16.4 Å². The number of anilines is 2. The number of benzene rings is 2. The maximum Gasteiger partial charge on any atom is 0.255 e. The van der Waals surface area contributed by atoms with E-state index in [0.29, 0.717) is 30.0 Å². The van der Waals surface area contributed by atoms with E-state index in [1.807, 2.05) is 0 Å². The van der Waals surface area contributed by atoms with E-state index >= 15 is 0 Å². The molecule has 0 aliphatic carbocycles. The molecule has 0 saturated carbocycles. The van der Waals surface area contributed by atoms with Gasteiger partial charge in [0.25, 0.3) is 5.91 Å². The number of halogens is 1. The first kappa shape index (κ1) is 17.4. The van der Waals surface area contributed by atoms with E-state index in [1.54, 1.807) is 36.4 Å². The van der Waals surface area contributed by atoms with E-state index < -0.39 is 5.82 Å². The highest BCUT2D eigenvalue weighted by Gasteiger charge is 2.16. The zero-order valence-electron chi connectivity index (χ0n) is 13.9. The number of carbonyl (C=O) groups is 1. The molecule has 0 radical (unpaired) electrons. The van der Waals surface area contributed by atoms with Gasteiger partial charge in [0.2, 0.25) is 0 Å². The Morgan fingerprint density at radius 2 is 2.04 bits per heavy atom. The molecule has 0 spiro atoms. The molecule has 25 heavy (non-hydrogen) atoms. The number of amides is 1. The van der Waals surface area contributed by atoms with E-state index in [4.69, 9.17) is 10.5 Å². The number of ether oxygens (including phenoxy) is 1. The fourth-order valence-electron chi connectivity index (χ4n) is 2.76. The molecular formula is C19H22FN3O2. The van der Waals surface area contributed by atoms with Gasteiger partial charge >= 0.3 is 0 Å². The summed E-state index contributed by atoms with van der Waals surface area (Å²) in [5.41, 5.74) is 7.80. The summed E-state index contributed by atoms with van der Waals surface area (Å²) in [7, 11) is 0. The van der Waals surface area contributed by atoms with Crippen molar-refractivity contribution in [2.24, 2.45) is 5.73 Å². The number of hydrogen-bond acceptors (Lipinski definition) is 4. The number of hydrogen-bond donors (Lipinski definition) is 3. The molecule has 1 saturated heterocycles. The summed E-state index contributed by atoms with van der Waals surface area (Å²) in [4.78, 5) is 12.2. The van der Waals surface area contributed by atoms with Crippen molar-refractivity contribution >= 4 is 17.3 Å². The standard InChI is InChI=1S/C19H22FN3O2/c20-17-10-15(7-8-18(17)22-12-16-2-1-9-25-16)23-19(24)14-5-3-13(11-21)4-6-14/h3-8,10,16,22H,1-2,9,11-12,21H2,(H,23,24). The third kappa shape index (κ3) is 4.55. The van der Waals surface area contributed by atoms with E-state index in [1.165, 1.54) is 6.07 Å². The Morgan fingerprint density at radius 1 is 1.24 bits per heavy atom. The lowest BCUT2D eigenvalue weighted by molar-refractivity contribution is 0.102. The van der Waals surface area contributed by atoms with Gasteiger partial charge in [0, 0.05) is 30.9 Å². The van der Waals surface area contributed by atoms with Crippen LogP contribution in [0.25, 0.3) is 0 Å². The number of nitrogens with one attached hydrogen (secondary N) is 2. The minimum atomic E-state index is -0.408. The van der Waals surface area contributed by atoms with Crippen LogP contribution in [0.1, 0.15) is 28.8 Å². The Balaban J connectivity index is 1.60. The Labute approximate surface area is 146 Å². The monoisotopic (exact) mass is 343 g/mol. The Hall–Kier alpha value is -2.44.